The molecular weight excluding hydrogens is 218 g/mol. The molecule has 0 atom stereocenters. The minimum atomic E-state index is 0.690. The highest BCUT2D eigenvalue weighted by atomic mass is 79.9. The van der Waals surface area contributed by atoms with Crippen LogP contribution >= 0.6 is 15.9 Å². The Kier molecular flexibility index (Phi) is 3.17. The molecule has 0 bridgehead atoms. The highest BCUT2D eigenvalue weighted by Crippen LogP contribution is 2.11. The number of hydrogen-bond donors (Lipinski definition) is 0. The van der Waals surface area contributed by atoms with Crippen LogP contribution in [0, 0.1) is 0 Å². The molecule has 2 nitrogen and oxygen atoms in total. The van der Waals surface area contributed by atoms with Crippen LogP contribution in [-0.2, 0) is 4.79 Å². The summed E-state index contributed by atoms with van der Waals surface area (Å²) in [7, 11) is 0. The predicted molar refractivity (Wildman–Crippen MR) is 51.7 cm³/mol. The van der Waals surface area contributed by atoms with Crippen molar-refractivity contribution in [3.05, 3.63) is 34.1 Å². The van der Waals surface area contributed by atoms with Gasteiger partial charge in [0, 0.05) is 16.9 Å². The largest absolute Gasteiger partial charge is 0.298 e. The Bertz CT molecular complexity index is 320. The monoisotopic (exact) mass is 225 g/mol. The summed E-state index contributed by atoms with van der Waals surface area (Å²) in [4.78, 5) is 14.3. The molecule has 0 spiro atoms. The van der Waals surface area contributed by atoms with Gasteiger partial charge in [-0.05, 0) is 46.1 Å². The molecule has 3 heteroatoms. The van der Waals surface area contributed by atoms with Crippen LogP contribution < -0.4 is 0 Å². The van der Waals surface area contributed by atoms with Gasteiger partial charge in [-0.15, -0.1) is 0 Å². The van der Waals surface area contributed by atoms with Crippen molar-refractivity contribution >= 4 is 28.3 Å². The molecule has 62 valence electrons. The topological polar surface area (TPSA) is 30.0 Å². The number of aromatic nitrogens is 1. The van der Waals surface area contributed by atoms with E-state index in [0.717, 1.165) is 16.3 Å². The molecule has 0 aliphatic carbocycles. The lowest BCUT2D eigenvalue weighted by Gasteiger charge is -1.93. The van der Waals surface area contributed by atoms with E-state index >= 15 is 0 Å². The quantitative estimate of drug-likeness (QED) is 0.572. The van der Waals surface area contributed by atoms with E-state index in [2.05, 4.69) is 20.9 Å². The number of hydrogen-bond acceptors (Lipinski definition) is 2. The molecule has 0 radical (unpaired) electrons. The van der Waals surface area contributed by atoms with E-state index in [1.165, 1.54) is 0 Å². The summed E-state index contributed by atoms with van der Waals surface area (Å²) in [6.07, 6.45) is 6.01. The Balaban J connectivity index is 2.97. The Morgan fingerprint density at radius 1 is 1.58 bits per heavy atom. The highest BCUT2D eigenvalue weighted by Gasteiger charge is 1.91. The van der Waals surface area contributed by atoms with Gasteiger partial charge in [0.15, 0.2) is 0 Å². The normalized spacial score (nSPS) is 11.3. The molecule has 0 unspecified atom stereocenters. The van der Waals surface area contributed by atoms with Crippen LogP contribution in [0.4, 0.5) is 0 Å². The summed E-state index contributed by atoms with van der Waals surface area (Å²) in [6.45, 7) is 1.76. The second kappa shape index (κ2) is 4.16. The number of nitrogens with zero attached hydrogens (tertiary/aromatic N) is 1. The number of allylic oxidation sites excluding steroid dienone is 1. The Labute approximate surface area is 79.5 Å². The fourth-order valence-electron chi connectivity index (χ4n) is 0.804. The highest BCUT2D eigenvalue weighted by molar-refractivity contribution is 9.10. The van der Waals surface area contributed by atoms with Gasteiger partial charge in [0.2, 0.25) is 0 Å². The standard InChI is InChI=1S/C9H8BrNO/c1-7(6-12)2-8-3-9(10)5-11-4-8/h2-6H,1H3/b7-2-. The fourth-order valence-corrected chi connectivity index (χ4v) is 1.19. The number of carbonyl (C=O) groups is 1. The number of carbonyl (C=O) groups excluding carboxylic acids is 1. The molecule has 0 N–H and O–H groups in total. The average Bonchev–Trinajstić information content (AvgIpc) is 2.04. The first-order valence-electron chi connectivity index (χ1n) is 3.46. The molecule has 0 aliphatic heterocycles. The van der Waals surface area contributed by atoms with Gasteiger partial charge in [-0.1, -0.05) is 0 Å². The van der Waals surface area contributed by atoms with Crippen LogP contribution in [0.3, 0.4) is 0 Å². The van der Waals surface area contributed by atoms with Crippen LogP contribution in [0.1, 0.15) is 12.5 Å². The van der Waals surface area contributed by atoms with Gasteiger partial charge in [-0.2, -0.15) is 0 Å². The minimum Gasteiger partial charge on any atom is -0.298 e. The first-order valence-corrected chi connectivity index (χ1v) is 4.25. The maximum absolute atomic E-state index is 10.3. The molecule has 1 aromatic heterocycles. The first-order chi connectivity index (χ1) is 5.72. The molecule has 1 rings (SSSR count). The van der Waals surface area contributed by atoms with E-state index in [1.54, 1.807) is 25.4 Å². The maximum atomic E-state index is 10.3. The second-order valence-corrected chi connectivity index (χ2v) is 3.36. The van der Waals surface area contributed by atoms with Crippen LogP contribution in [0.15, 0.2) is 28.5 Å². The van der Waals surface area contributed by atoms with Crippen molar-refractivity contribution in [3.63, 3.8) is 0 Å². The van der Waals surface area contributed by atoms with Gasteiger partial charge in [0.1, 0.15) is 6.29 Å². The Morgan fingerprint density at radius 2 is 2.33 bits per heavy atom. The molecule has 0 aromatic carbocycles. The van der Waals surface area contributed by atoms with E-state index in [4.69, 9.17) is 0 Å². The fraction of sp³-hybridized carbons (Fsp3) is 0.111. The van der Waals surface area contributed by atoms with E-state index in [-0.39, 0.29) is 0 Å². The lowest BCUT2D eigenvalue weighted by Crippen LogP contribution is -1.80. The molecule has 0 amide bonds. The van der Waals surface area contributed by atoms with Gasteiger partial charge in [-0.3, -0.25) is 9.78 Å². The third-order valence-corrected chi connectivity index (χ3v) is 1.74. The van der Waals surface area contributed by atoms with Crippen LogP contribution in [0.5, 0.6) is 0 Å². The SMILES string of the molecule is C/C(C=O)=C/c1cncc(Br)c1. The summed E-state index contributed by atoms with van der Waals surface area (Å²) >= 11 is 3.29. The van der Waals surface area contributed by atoms with Gasteiger partial charge < -0.3 is 0 Å². The maximum Gasteiger partial charge on any atom is 0.145 e. The van der Waals surface area contributed by atoms with Gasteiger partial charge >= 0.3 is 0 Å². The Morgan fingerprint density at radius 3 is 2.92 bits per heavy atom. The molecule has 0 fully saturated rings. The molecule has 0 saturated heterocycles. The number of rotatable bonds is 2. The van der Waals surface area contributed by atoms with E-state index < -0.39 is 0 Å². The molecular formula is C9H8BrNO. The van der Waals surface area contributed by atoms with Gasteiger partial charge in [-0.25, -0.2) is 0 Å². The van der Waals surface area contributed by atoms with Crippen molar-refractivity contribution in [2.45, 2.75) is 6.92 Å². The minimum absolute atomic E-state index is 0.690. The van der Waals surface area contributed by atoms with E-state index in [0.29, 0.717) is 5.57 Å². The second-order valence-electron chi connectivity index (χ2n) is 2.44. The summed E-state index contributed by atoms with van der Waals surface area (Å²) in [5.74, 6) is 0. The van der Waals surface area contributed by atoms with Crippen LogP contribution in [0.25, 0.3) is 6.08 Å². The molecule has 1 aromatic rings. The molecule has 0 aliphatic rings. The predicted octanol–water partition coefficient (Wildman–Crippen LogP) is 2.45. The lowest BCUT2D eigenvalue weighted by molar-refractivity contribution is -0.104. The van der Waals surface area contributed by atoms with Crippen LogP contribution in [0.2, 0.25) is 0 Å². The van der Waals surface area contributed by atoms with E-state index in [1.807, 2.05) is 6.07 Å². The van der Waals surface area contributed by atoms with Crippen molar-refractivity contribution in [2.75, 3.05) is 0 Å². The van der Waals surface area contributed by atoms with Crippen molar-refractivity contribution < 1.29 is 4.79 Å². The zero-order valence-electron chi connectivity index (χ0n) is 6.62. The molecule has 0 saturated carbocycles. The molecule has 12 heavy (non-hydrogen) atoms. The van der Waals surface area contributed by atoms with Crippen molar-refractivity contribution in [3.8, 4) is 0 Å². The third-order valence-electron chi connectivity index (χ3n) is 1.31. The van der Waals surface area contributed by atoms with Crippen molar-refractivity contribution in [1.29, 1.82) is 0 Å². The lowest BCUT2D eigenvalue weighted by atomic mass is 10.2. The summed E-state index contributed by atoms with van der Waals surface area (Å²) in [6, 6.07) is 1.90. The smallest absolute Gasteiger partial charge is 0.145 e. The number of aldehydes is 1. The zero-order valence-corrected chi connectivity index (χ0v) is 8.21. The average molecular weight is 226 g/mol. The summed E-state index contributed by atoms with van der Waals surface area (Å²) < 4.78 is 0.912. The summed E-state index contributed by atoms with van der Waals surface area (Å²) in [5, 5.41) is 0. The van der Waals surface area contributed by atoms with Crippen molar-refractivity contribution in [2.24, 2.45) is 0 Å². The van der Waals surface area contributed by atoms with Gasteiger partial charge in [0.25, 0.3) is 0 Å². The van der Waals surface area contributed by atoms with Crippen molar-refractivity contribution in [1.82, 2.24) is 4.98 Å². The summed E-state index contributed by atoms with van der Waals surface area (Å²) in [5.41, 5.74) is 1.61. The third kappa shape index (κ3) is 2.58. The molecule has 1 heterocycles. The number of halogens is 1. The number of pyridine rings is 1. The van der Waals surface area contributed by atoms with Crippen LogP contribution in [-0.4, -0.2) is 11.3 Å². The first kappa shape index (κ1) is 9.13. The zero-order chi connectivity index (χ0) is 8.97. The Hall–Kier alpha value is -0.960. The van der Waals surface area contributed by atoms with Gasteiger partial charge in [0.05, 0.1) is 0 Å². The van der Waals surface area contributed by atoms with E-state index in [9.17, 15) is 4.79 Å².